The van der Waals surface area contributed by atoms with Crippen LogP contribution in [0.25, 0.3) is 17.0 Å². The molecule has 2 atom stereocenters. The van der Waals surface area contributed by atoms with E-state index >= 15 is 8.78 Å². The van der Waals surface area contributed by atoms with Crippen LogP contribution in [0.15, 0.2) is 42.6 Å². The Morgan fingerprint density at radius 1 is 1.16 bits per heavy atom. The van der Waals surface area contributed by atoms with Gasteiger partial charge in [-0.2, -0.15) is 5.10 Å². The lowest BCUT2D eigenvalue weighted by molar-refractivity contribution is -0.131. The largest absolute Gasteiger partial charge is 0.496 e. The fourth-order valence-electron chi connectivity index (χ4n) is 6.86. The van der Waals surface area contributed by atoms with E-state index in [0.29, 0.717) is 37.6 Å². The second-order valence-electron chi connectivity index (χ2n) is 12.2. The van der Waals surface area contributed by atoms with Crippen molar-refractivity contribution in [1.29, 1.82) is 0 Å². The van der Waals surface area contributed by atoms with E-state index in [4.69, 9.17) is 14.8 Å². The molecule has 1 fully saturated rings. The zero-order chi connectivity index (χ0) is 31.6. The van der Waals surface area contributed by atoms with Crippen molar-refractivity contribution in [2.45, 2.75) is 45.7 Å². The number of hydrogen-bond acceptors (Lipinski definition) is 7. The number of amides is 1. The molecule has 3 aromatic rings. The van der Waals surface area contributed by atoms with E-state index in [1.165, 1.54) is 31.4 Å². The Labute approximate surface area is 257 Å². The molecule has 2 aromatic heterocycles. The van der Waals surface area contributed by atoms with Crippen molar-refractivity contribution in [1.82, 2.24) is 29.5 Å². The molecule has 1 amide bonds. The lowest BCUT2D eigenvalue weighted by atomic mass is 9.93. The van der Waals surface area contributed by atoms with Crippen LogP contribution in [0.4, 0.5) is 20.3 Å². The van der Waals surface area contributed by atoms with Gasteiger partial charge in [0.05, 0.1) is 53.7 Å². The minimum absolute atomic E-state index is 0.0148. The third kappa shape index (κ3) is 4.51. The van der Waals surface area contributed by atoms with E-state index in [0.717, 1.165) is 28.5 Å². The molecule has 0 spiro atoms. The number of fused-ring (bicyclic) bond motifs is 4. The molecule has 0 unspecified atom stereocenters. The number of hydrogen-bond donors (Lipinski definition) is 0. The van der Waals surface area contributed by atoms with Crippen LogP contribution in [0, 0.1) is 18.6 Å². The summed E-state index contributed by atoms with van der Waals surface area (Å²) in [6.07, 6.45) is 1.36. The topological polar surface area (TPSA) is 70.0 Å². The van der Waals surface area contributed by atoms with Crippen molar-refractivity contribution in [3.8, 4) is 17.0 Å². The highest BCUT2D eigenvalue weighted by Gasteiger charge is 2.44. The van der Waals surface area contributed by atoms with Gasteiger partial charge < -0.3 is 24.3 Å². The minimum Gasteiger partial charge on any atom is -0.496 e. The molecule has 0 bridgehead atoms. The molecule has 232 valence electrons. The number of pyridine rings is 1. The molecule has 0 radical (unpaired) electrons. The summed E-state index contributed by atoms with van der Waals surface area (Å²) in [5.74, 6) is -0.527. The number of benzene rings is 1. The first-order valence-corrected chi connectivity index (χ1v) is 14.9. The van der Waals surface area contributed by atoms with Crippen LogP contribution < -0.4 is 9.64 Å². The molecule has 5 heterocycles. The van der Waals surface area contributed by atoms with Crippen molar-refractivity contribution < 1.29 is 18.3 Å². The summed E-state index contributed by atoms with van der Waals surface area (Å²) < 4.78 is 38.9. The molecule has 0 saturated carbocycles. The maximum absolute atomic E-state index is 16.3. The molecular formula is C33H39F2N7O2. The number of carbonyl (C=O) groups is 1. The molecule has 44 heavy (non-hydrogen) atoms. The van der Waals surface area contributed by atoms with Crippen molar-refractivity contribution in [2.24, 2.45) is 7.05 Å². The molecule has 11 heteroatoms. The smallest absolute Gasteiger partial charge is 0.246 e. The van der Waals surface area contributed by atoms with Gasteiger partial charge in [-0.05, 0) is 44.0 Å². The fraction of sp³-hybridized carbons (Fsp3) is 0.424. The summed E-state index contributed by atoms with van der Waals surface area (Å²) in [6.45, 7) is 14.2. The predicted molar refractivity (Wildman–Crippen MR) is 167 cm³/mol. The summed E-state index contributed by atoms with van der Waals surface area (Å²) in [5, 5.41) is 4.84. The molecular weight excluding hydrogens is 564 g/mol. The van der Waals surface area contributed by atoms with Crippen LogP contribution in [0.1, 0.15) is 43.6 Å². The number of aromatic nitrogens is 3. The first-order chi connectivity index (χ1) is 21.0. The van der Waals surface area contributed by atoms with Gasteiger partial charge in [0.2, 0.25) is 5.91 Å². The molecule has 3 aliphatic rings. The molecule has 1 saturated heterocycles. The lowest BCUT2D eigenvalue weighted by Gasteiger charge is -2.54. The van der Waals surface area contributed by atoms with Gasteiger partial charge in [0.1, 0.15) is 23.1 Å². The van der Waals surface area contributed by atoms with Crippen molar-refractivity contribution in [3.63, 3.8) is 0 Å². The molecule has 9 nitrogen and oxygen atoms in total. The highest BCUT2D eigenvalue weighted by molar-refractivity contribution is 5.89. The van der Waals surface area contributed by atoms with Crippen LogP contribution in [-0.4, -0.2) is 87.8 Å². The second kappa shape index (κ2) is 10.9. The van der Waals surface area contributed by atoms with Crippen LogP contribution >= 0.6 is 0 Å². The van der Waals surface area contributed by atoms with Gasteiger partial charge in [-0.1, -0.05) is 26.5 Å². The normalized spacial score (nSPS) is 19.7. The second-order valence-corrected chi connectivity index (χ2v) is 12.2. The summed E-state index contributed by atoms with van der Waals surface area (Å²) in [4.78, 5) is 26.1. The van der Waals surface area contributed by atoms with E-state index in [-0.39, 0.29) is 40.9 Å². The van der Waals surface area contributed by atoms with Gasteiger partial charge in [-0.25, -0.2) is 13.8 Å². The lowest BCUT2D eigenvalue weighted by Crippen LogP contribution is -2.63. The predicted octanol–water partition coefficient (Wildman–Crippen LogP) is 5.05. The number of methoxy groups -OCH3 is 1. The number of rotatable bonds is 5. The Balaban J connectivity index is 1.60. The van der Waals surface area contributed by atoms with Gasteiger partial charge in [-0.15, -0.1) is 0 Å². The molecule has 0 aliphatic carbocycles. The zero-order valence-electron chi connectivity index (χ0n) is 26.4. The summed E-state index contributed by atoms with van der Waals surface area (Å²) in [5.41, 5.74) is 5.15. The van der Waals surface area contributed by atoms with Crippen LogP contribution in [-0.2, 0) is 11.8 Å². The number of anilines is 2. The first-order valence-electron chi connectivity index (χ1n) is 14.9. The van der Waals surface area contributed by atoms with Crippen molar-refractivity contribution in [3.05, 3.63) is 71.2 Å². The van der Waals surface area contributed by atoms with Gasteiger partial charge >= 0.3 is 0 Å². The third-order valence-electron chi connectivity index (χ3n) is 9.16. The van der Waals surface area contributed by atoms with E-state index < -0.39 is 11.6 Å². The third-order valence-corrected chi connectivity index (χ3v) is 9.16. The summed E-state index contributed by atoms with van der Waals surface area (Å²) >= 11 is 0. The summed E-state index contributed by atoms with van der Waals surface area (Å²) in [6, 6.07) is 5.80. The van der Waals surface area contributed by atoms with Crippen molar-refractivity contribution >= 4 is 23.1 Å². The summed E-state index contributed by atoms with van der Waals surface area (Å²) in [7, 11) is 5.38. The average molecular weight is 604 g/mol. The Kier molecular flexibility index (Phi) is 7.37. The van der Waals surface area contributed by atoms with Gasteiger partial charge in [0, 0.05) is 45.3 Å². The van der Waals surface area contributed by atoms with Gasteiger partial charge in [-0.3, -0.25) is 9.48 Å². The van der Waals surface area contributed by atoms with E-state index in [2.05, 4.69) is 35.1 Å². The average Bonchev–Trinajstić information content (AvgIpc) is 3.29. The highest BCUT2D eigenvalue weighted by atomic mass is 19.1. The Bertz CT molecular complexity index is 1700. The quantitative estimate of drug-likeness (QED) is 0.378. The van der Waals surface area contributed by atoms with Gasteiger partial charge in [0.25, 0.3) is 0 Å². The monoisotopic (exact) mass is 603 g/mol. The Hall–Kier alpha value is -4.41. The maximum Gasteiger partial charge on any atom is 0.246 e. The zero-order valence-corrected chi connectivity index (χ0v) is 26.4. The first kappa shape index (κ1) is 29.7. The minimum atomic E-state index is -0.647. The molecule has 6 rings (SSSR count). The number of aryl methyl sites for hydroxylation is 1. The fourth-order valence-corrected chi connectivity index (χ4v) is 6.86. The molecule has 1 aromatic carbocycles. The number of ether oxygens (including phenoxy) is 1. The molecule has 3 aliphatic heterocycles. The Morgan fingerprint density at radius 2 is 1.91 bits per heavy atom. The van der Waals surface area contributed by atoms with Crippen LogP contribution in [0.2, 0.25) is 0 Å². The number of likely N-dealkylation sites (N-methyl/N-ethyl adjacent to an activating group) is 1. The molecule has 0 N–H and O–H groups in total. The van der Waals surface area contributed by atoms with E-state index in [9.17, 15) is 4.79 Å². The number of carbonyl (C=O) groups excluding carboxylic acids is 1. The SMILES string of the molecule is C=CC(=O)N1C[C@H]2CN(C)C3=C(c4cc(F)c(-c5c(F)cccc5OC)nc4N(c4c(C(C)C)nn(C)c4C)C3)N2C[C@H]1C. The van der Waals surface area contributed by atoms with E-state index in [1.807, 2.05) is 37.5 Å². The van der Waals surface area contributed by atoms with Crippen LogP contribution in [0.3, 0.4) is 0 Å². The van der Waals surface area contributed by atoms with Crippen LogP contribution in [0.5, 0.6) is 5.75 Å². The maximum atomic E-state index is 16.3. The Morgan fingerprint density at radius 3 is 2.59 bits per heavy atom. The number of nitrogens with zero attached hydrogens (tertiary/aromatic N) is 7. The van der Waals surface area contributed by atoms with Crippen molar-refractivity contribution in [2.75, 3.05) is 45.2 Å². The highest BCUT2D eigenvalue weighted by Crippen LogP contribution is 2.48. The number of piperazine rings is 1. The number of halogens is 2. The van der Waals surface area contributed by atoms with Gasteiger partial charge in [0.15, 0.2) is 5.82 Å². The van der Waals surface area contributed by atoms with E-state index in [1.54, 1.807) is 6.07 Å². The standard InChI is InChI=1S/C33H39F2N7O2/c1-9-27(43)40-16-21-15-38(6)25-17-42(31-20(5)39(7)37-29(31)18(2)3)33-22(32(25)41(21)14-19(40)4)13-24(35)30(36-33)28-23(34)11-10-12-26(28)44-8/h9-13,18-19,21H,1,14-17H2,2-8H3/t19-,21-/m1/s1.